The summed E-state index contributed by atoms with van der Waals surface area (Å²) in [5.74, 6) is -0.724. The van der Waals surface area contributed by atoms with Gasteiger partial charge in [0.25, 0.3) is 0 Å². The fraction of sp³-hybridized carbons (Fsp3) is 0.462. The number of hydrogen-bond donors (Lipinski definition) is 1. The molecule has 2 N–H and O–H groups in total. The molecule has 0 bridgehead atoms. The van der Waals surface area contributed by atoms with Crippen LogP contribution >= 0.6 is 0 Å². The number of benzene rings is 1. The van der Waals surface area contributed by atoms with Gasteiger partial charge in [0, 0.05) is 6.04 Å². The minimum absolute atomic E-state index is 0.500. The molecule has 1 aromatic rings. The van der Waals surface area contributed by atoms with E-state index in [-0.39, 0.29) is 0 Å². The number of hydrogen-bond acceptors (Lipinski definition) is 2. The Kier molecular flexibility index (Phi) is 4.94. The summed E-state index contributed by atoms with van der Waals surface area (Å²) in [7, 11) is 0. The van der Waals surface area contributed by atoms with E-state index in [1.807, 2.05) is 0 Å². The van der Waals surface area contributed by atoms with Crippen molar-refractivity contribution in [2.45, 2.75) is 32.1 Å². The van der Waals surface area contributed by atoms with E-state index in [0.29, 0.717) is 5.56 Å². The molecule has 0 heterocycles. The summed E-state index contributed by atoms with van der Waals surface area (Å²) in [4.78, 5) is 12.8. The fourth-order valence-electron chi connectivity index (χ4n) is 1.69. The van der Waals surface area contributed by atoms with E-state index in [1.165, 1.54) is 13.8 Å². The Morgan fingerprint density at radius 1 is 1.26 bits per heavy atom. The fourth-order valence-corrected chi connectivity index (χ4v) is 1.69. The van der Waals surface area contributed by atoms with Gasteiger partial charge < -0.3 is 10.6 Å². The number of nitrogens with zero attached hydrogens (tertiary/aromatic N) is 1. The van der Waals surface area contributed by atoms with Crippen LogP contribution < -0.4 is 5.73 Å². The van der Waals surface area contributed by atoms with Gasteiger partial charge in [-0.1, -0.05) is 30.3 Å². The van der Waals surface area contributed by atoms with E-state index in [9.17, 15) is 18.0 Å². The van der Waals surface area contributed by atoms with Gasteiger partial charge in [0.1, 0.15) is 12.6 Å². The summed E-state index contributed by atoms with van der Waals surface area (Å²) in [6.07, 6.45) is -4.43. The smallest absolute Gasteiger partial charge is 0.330 e. The summed E-state index contributed by atoms with van der Waals surface area (Å²) in [5.41, 5.74) is 6.24. The lowest BCUT2D eigenvalue weighted by atomic mass is 10.1. The Balaban J connectivity index is 2.88. The molecule has 19 heavy (non-hydrogen) atoms. The van der Waals surface area contributed by atoms with Crippen LogP contribution in [0.15, 0.2) is 30.3 Å². The first-order valence-corrected chi connectivity index (χ1v) is 5.90. The number of rotatable bonds is 4. The summed E-state index contributed by atoms with van der Waals surface area (Å²) in [6, 6.07) is 6.72. The average molecular weight is 274 g/mol. The number of halogens is 3. The second kappa shape index (κ2) is 6.06. The van der Waals surface area contributed by atoms with Crippen molar-refractivity contribution in [3.05, 3.63) is 35.9 Å². The van der Waals surface area contributed by atoms with E-state index in [4.69, 9.17) is 5.73 Å². The topological polar surface area (TPSA) is 46.3 Å². The van der Waals surface area contributed by atoms with Gasteiger partial charge in [-0.15, -0.1) is 0 Å². The Morgan fingerprint density at radius 2 is 1.79 bits per heavy atom. The predicted molar refractivity (Wildman–Crippen MR) is 66.3 cm³/mol. The highest BCUT2D eigenvalue weighted by atomic mass is 19.4. The van der Waals surface area contributed by atoms with Crippen LogP contribution in [-0.2, 0) is 4.79 Å². The lowest BCUT2D eigenvalue weighted by Crippen LogP contribution is -2.47. The molecule has 3 nitrogen and oxygen atoms in total. The third-order valence-electron chi connectivity index (χ3n) is 2.68. The Labute approximate surface area is 110 Å². The number of carbonyl (C=O) groups excluding carboxylic acids is 1. The molecular formula is C13H17F3N2O. The molecule has 0 spiro atoms. The SMILES string of the molecule is CC(C)N(CC(F)(F)F)C(=O)[C@@H](N)c1ccccc1. The number of nitrogens with two attached hydrogens (primary N) is 1. The predicted octanol–water partition coefficient (Wildman–Crippen LogP) is 2.49. The molecule has 0 fully saturated rings. The van der Waals surface area contributed by atoms with Gasteiger partial charge in [0.2, 0.25) is 5.91 Å². The molecule has 1 amide bonds. The highest BCUT2D eigenvalue weighted by molar-refractivity contribution is 5.83. The van der Waals surface area contributed by atoms with Gasteiger partial charge >= 0.3 is 6.18 Å². The Bertz CT molecular complexity index is 418. The zero-order chi connectivity index (χ0) is 14.6. The van der Waals surface area contributed by atoms with Crippen molar-refractivity contribution >= 4 is 5.91 Å². The first-order valence-electron chi connectivity index (χ1n) is 5.90. The lowest BCUT2D eigenvalue weighted by Gasteiger charge is -2.30. The van der Waals surface area contributed by atoms with Crippen LogP contribution in [0.1, 0.15) is 25.5 Å². The zero-order valence-corrected chi connectivity index (χ0v) is 10.8. The van der Waals surface area contributed by atoms with Crippen molar-refractivity contribution in [2.24, 2.45) is 5.73 Å². The lowest BCUT2D eigenvalue weighted by molar-refractivity contribution is -0.165. The van der Waals surface area contributed by atoms with Crippen molar-refractivity contribution < 1.29 is 18.0 Å². The maximum absolute atomic E-state index is 12.5. The normalized spacial score (nSPS) is 13.4. The average Bonchev–Trinajstić information content (AvgIpc) is 2.34. The van der Waals surface area contributed by atoms with Crippen LogP contribution in [0.25, 0.3) is 0 Å². The standard InChI is InChI=1S/C13H17F3N2O/c1-9(2)18(8-13(14,15)16)12(19)11(17)10-6-4-3-5-7-10/h3-7,9,11H,8,17H2,1-2H3/t11-/m0/s1. The monoisotopic (exact) mass is 274 g/mol. The molecule has 1 rings (SSSR count). The molecular weight excluding hydrogens is 257 g/mol. The first-order chi connectivity index (χ1) is 8.72. The Morgan fingerprint density at radius 3 is 2.21 bits per heavy atom. The van der Waals surface area contributed by atoms with Crippen LogP contribution in [-0.4, -0.2) is 29.6 Å². The minimum Gasteiger partial charge on any atom is -0.330 e. The van der Waals surface area contributed by atoms with E-state index in [1.54, 1.807) is 30.3 Å². The van der Waals surface area contributed by atoms with Gasteiger partial charge in [-0.3, -0.25) is 4.79 Å². The van der Waals surface area contributed by atoms with E-state index in [0.717, 1.165) is 4.90 Å². The summed E-state index contributed by atoms with van der Waals surface area (Å²) < 4.78 is 37.4. The molecule has 1 atom stereocenters. The van der Waals surface area contributed by atoms with E-state index in [2.05, 4.69) is 0 Å². The second-order valence-electron chi connectivity index (χ2n) is 4.56. The molecule has 1 aromatic carbocycles. The molecule has 106 valence electrons. The minimum atomic E-state index is -4.43. The van der Waals surface area contributed by atoms with Crippen LogP contribution in [0.4, 0.5) is 13.2 Å². The van der Waals surface area contributed by atoms with E-state index < -0.39 is 30.7 Å². The summed E-state index contributed by atoms with van der Waals surface area (Å²) in [6.45, 7) is 1.77. The molecule has 0 saturated heterocycles. The van der Waals surface area contributed by atoms with E-state index >= 15 is 0 Å². The third-order valence-corrected chi connectivity index (χ3v) is 2.68. The maximum Gasteiger partial charge on any atom is 0.406 e. The number of carbonyl (C=O) groups is 1. The molecule has 0 aliphatic rings. The van der Waals surface area contributed by atoms with Crippen molar-refractivity contribution in [3.8, 4) is 0 Å². The Hall–Kier alpha value is -1.56. The molecule has 0 aliphatic heterocycles. The molecule has 0 aliphatic carbocycles. The van der Waals surface area contributed by atoms with Gasteiger partial charge in [0.15, 0.2) is 0 Å². The largest absolute Gasteiger partial charge is 0.406 e. The number of alkyl halides is 3. The quantitative estimate of drug-likeness (QED) is 0.917. The van der Waals surface area contributed by atoms with Gasteiger partial charge in [-0.25, -0.2) is 0 Å². The van der Waals surface area contributed by atoms with Crippen molar-refractivity contribution in [3.63, 3.8) is 0 Å². The third kappa shape index (κ3) is 4.55. The van der Waals surface area contributed by atoms with Gasteiger partial charge in [-0.2, -0.15) is 13.2 Å². The van der Waals surface area contributed by atoms with Gasteiger partial charge in [0.05, 0.1) is 0 Å². The highest BCUT2D eigenvalue weighted by Gasteiger charge is 2.36. The van der Waals surface area contributed by atoms with Gasteiger partial charge in [-0.05, 0) is 19.4 Å². The molecule has 0 saturated carbocycles. The zero-order valence-electron chi connectivity index (χ0n) is 10.8. The molecule has 0 unspecified atom stereocenters. The van der Waals surface area contributed by atoms with Crippen LogP contribution in [0.2, 0.25) is 0 Å². The van der Waals surface area contributed by atoms with Crippen LogP contribution in [0.5, 0.6) is 0 Å². The van der Waals surface area contributed by atoms with Crippen LogP contribution in [0, 0.1) is 0 Å². The van der Waals surface area contributed by atoms with Crippen molar-refractivity contribution in [1.29, 1.82) is 0 Å². The highest BCUT2D eigenvalue weighted by Crippen LogP contribution is 2.21. The van der Waals surface area contributed by atoms with Crippen molar-refractivity contribution in [1.82, 2.24) is 4.90 Å². The maximum atomic E-state index is 12.5. The van der Waals surface area contributed by atoms with Crippen molar-refractivity contribution in [2.75, 3.05) is 6.54 Å². The molecule has 6 heteroatoms. The summed E-state index contributed by atoms with van der Waals surface area (Å²) >= 11 is 0. The van der Waals surface area contributed by atoms with Crippen LogP contribution in [0.3, 0.4) is 0 Å². The summed E-state index contributed by atoms with van der Waals surface area (Å²) in [5, 5.41) is 0. The molecule has 0 aromatic heterocycles. The molecule has 0 radical (unpaired) electrons. The second-order valence-corrected chi connectivity index (χ2v) is 4.56. The first kappa shape index (κ1) is 15.5. The number of amides is 1.